The fourth-order valence-electron chi connectivity index (χ4n) is 3.22. The molecule has 0 N–H and O–H groups in total. The molecule has 2 saturated heterocycles. The second-order valence-corrected chi connectivity index (χ2v) is 7.34. The molecule has 1 aromatic carbocycles. The molecular weight excluding hydrogens is 322 g/mol. The summed E-state index contributed by atoms with van der Waals surface area (Å²) >= 11 is 1.93. The third kappa shape index (κ3) is 4.29. The molecule has 0 spiro atoms. The second kappa shape index (κ2) is 8.52. The molecule has 5 nitrogen and oxygen atoms in total. The minimum Gasteiger partial charge on any atom is -0.379 e. The smallest absolute Gasteiger partial charge is 0.254 e. The molecule has 24 heavy (non-hydrogen) atoms. The lowest BCUT2D eigenvalue weighted by atomic mass is 10.1. The maximum absolute atomic E-state index is 13.0. The molecule has 1 amide bonds. The van der Waals surface area contributed by atoms with Gasteiger partial charge in [-0.15, -0.1) is 0 Å². The molecule has 2 fully saturated rings. The highest BCUT2D eigenvalue weighted by molar-refractivity contribution is 7.99. The second-order valence-electron chi connectivity index (χ2n) is 6.19. The van der Waals surface area contributed by atoms with Crippen LogP contribution < -0.4 is 0 Å². The van der Waals surface area contributed by atoms with Gasteiger partial charge in [0.15, 0.2) is 0 Å². The molecule has 0 aromatic heterocycles. The Balaban J connectivity index is 1.75. The minimum atomic E-state index is 0.0489. The van der Waals surface area contributed by atoms with E-state index in [1.165, 1.54) is 0 Å². The van der Waals surface area contributed by atoms with Crippen molar-refractivity contribution in [1.82, 2.24) is 9.80 Å². The average molecular weight is 345 g/mol. The molecule has 1 atom stereocenters. The Morgan fingerprint density at radius 3 is 2.96 bits per heavy atom. The minimum absolute atomic E-state index is 0.0489. The van der Waals surface area contributed by atoms with Gasteiger partial charge in [0.2, 0.25) is 0 Å². The Hall–Kier alpha value is -1.55. The Labute approximate surface area is 147 Å². The highest BCUT2D eigenvalue weighted by Crippen LogP contribution is 2.20. The van der Waals surface area contributed by atoms with Crippen LogP contribution in [0.15, 0.2) is 24.3 Å². The predicted octanol–water partition coefficient (Wildman–Crippen LogP) is 1.84. The van der Waals surface area contributed by atoms with E-state index in [1.807, 2.05) is 22.7 Å². The first-order valence-electron chi connectivity index (χ1n) is 8.47. The number of hydrogen-bond acceptors (Lipinski definition) is 5. The van der Waals surface area contributed by atoms with E-state index in [0.717, 1.165) is 57.3 Å². The van der Waals surface area contributed by atoms with Gasteiger partial charge in [-0.25, -0.2) is 0 Å². The summed E-state index contributed by atoms with van der Waals surface area (Å²) in [6.07, 6.45) is 1.02. The monoisotopic (exact) mass is 345 g/mol. The van der Waals surface area contributed by atoms with Crippen LogP contribution >= 0.6 is 11.8 Å². The number of hydrogen-bond donors (Lipinski definition) is 0. The van der Waals surface area contributed by atoms with Crippen LogP contribution in [-0.4, -0.2) is 72.6 Å². The first-order chi connectivity index (χ1) is 11.8. The molecule has 0 aliphatic carbocycles. The topological polar surface area (TPSA) is 56.6 Å². The molecule has 3 rings (SSSR count). The van der Waals surface area contributed by atoms with E-state index in [2.05, 4.69) is 11.0 Å². The zero-order valence-electron chi connectivity index (χ0n) is 13.8. The maximum atomic E-state index is 13.0. The van der Waals surface area contributed by atoms with E-state index in [1.54, 1.807) is 18.2 Å². The maximum Gasteiger partial charge on any atom is 0.254 e. The summed E-state index contributed by atoms with van der Waals surface area (Å²) in [5.74, 6) is 2.12. The molecule has 0 radical (unpaired) electrons. The van der Waals surface area contributed by atoms with Crippen molar-refractivity contribution >= 4 is 17.7 Å². The van der Waals surface area contributed by atoms with Crippen molar-refractivity contribution in [2.75, 3.05) is 50.9 Å². The van der Waals surface area contributed by atoms with Crippen molar-refractivity contribution in [3.8, 4) is 6.07 Å². The van der Waals surface area contributed by atoms with Gasteiger partial charge in [-0.05, 0) is 30.4 Å². The van der Waals surface area contributed by atoms with Gasteiger partial charge >= 0.3 is 0 Å². The quantitative estimate of drug-likeness (QED) is 0.837. The van der Waals surface area contributed by atoms with E-state index in [-0.39, 0.29) is 11.9 Å². The number of nitrogens with zero attached hydrogens (tertiary/aromatic N) is 3. The first kappa shape index (κ1) is 17.3. The lowest BCUT2D eigenvalue weighted by Gasteiger charge is -2.35. The standard InChI is InChI=1S/C18H23N3O2S/c19-12-15-3-1-4-16(11-15)18(22)21-5-2-10-24-14-17(21)13-20-6-8-23-9-7-20/h1,3-4,11,17H,2,5-10,13-14H2. The van der Waals surface area contributed by atoms with Crippen LogP contribution in [0.25, 0.3) is 0 Å². The summed E-state index contributed by atoms with van der Waals surface area (Å²) in [6.45, 7) is 5.12. The molecular formula is C18H23N3O2S. The normalized spacial score (nSPS) is 22.6. The Morgan fingerprint density at radius 2 is 2.17 bits per heavy atom. The Kier molecular flexibility index (Phi) is 6.13. The SMILES string of the molecule is N#Cc1cccc(C(=O)N2CCCSCC2CN2CCOCC2)c1. The number of carbonyl (C=O) groups excluding carboxylic acids is 1. The molecule has 128 valence electrons. The van der Waals surface area contributed by atoms with Crippen LogP contribution in [0.1, 0.15) is 22.3 Å². The van der Waals surface area contributed by atoms with E-state index in [4.69, 9.17) is 10.00 Å². The van der Waals surface area contributed by atoms with E-state index in [9.17, 15) is 4.79 Å². The molecule has 2 aliphatic rings. The van der Waals surface area contributed by atoms with Crippen molar-refractivity contribution in [2.45, 2.75) is 12.5 Å². The van der Waals surface area contributed by atoms with E-state index < -0.39 is 0 Å². The van der Waals surface area contributed by atoms with Gasteiger partial charge in [-0.2, -0.15) is 17.0 Å². The lowest BCUT2D eigenvalue weighted by molar-refractivity contribution is 0.0245. The van der Waals surface area contributed by atoms with Crippen LogP contribution in [0.3, 0.4) is 0 Å². The Morgan fingerprint density at radius 1 is 1.33 bits per heavy atom. The van der Waals surface area contributed by atoms with Gasteiger partial charge in [0, 0.05) is 37.5 Å². The number of morpholine rings is 1. The Bertz CT molecular complexity index is 611. The van der Waals surface area contributed by atoms with Gasteiger partial charge in [0.05, 0.1) is 30.9 Å². The summed E-state index contributed by atoms with van der Waals surface area (Å²) in [5, 5.41) is 9.07. The fourth-order valence-corrected chi connectivity index (χ4v) is 4.27. The summed E-state index contributed by atoms with van der Waals surface area (Å²) in [6, 6.07) is 9.37. The molecule has 1 unspecified atom stereocenters. The first-order valence-corrected chi connectivity index (χ1v) is 9.62. The van der Waals surface area contributed by atoms with E-state index in [0.29, 0.717) is 11.1 Å². The number of rotatable bonds is 3. The number of benzene rings is 1. The van der Waals surface area contributed by atoms with Gasteiger partial charge in [0.1, 0.15) is 0 Å². The summed E-state index contributed by atoms with van der Waals surface area (Å²) in [5.41, 5.74) is 1.16. The van der Waals surface area contributed by atoms with Crippen molar-refractivity contribution in [3.05, 3.63) is 35.4 Å². The lowest BCUT2D eigenvalue weighted by Crippen LogP contribution is -2.50. The zero-order valence-corrected chi connectivity index (χ0v) is 14.6. The van der Waals surface area contributed by atoms with E-state index >= 15 is 0 Å². The van der Waals surface area contributed by atoms with Gasteiger partial charge < -0.3 is 9.64 Å². The van der Waals surface area contributed by atoms with Crippen molar-refractivity contribution in [2.24, 2.45) is 0 Å². The molecule has 0 saturated carbocycles. The molecule has 1 aromatic rings. The third-order valence-electron chi connectivity index (χ3n) is 4.51. The van der Waals surface area contributed by atoms with Crippen LogP contribution in [0.4, 0.5) is 0 Å². The van der Waals surface area contributed by atoms with Gasteiger partial charge in [0.25, 0.3) is 5.91 Å². The molecule has 2 aliphatic heterocycles. The summed E-state index contributed by atoms with van der Waals surface area (Å²) in [7, 11) is 0. The molecule has 0 bridgehead atoms. The number of nitriles is 1. The highest BCUT2D eigenvalue weighted by Gasteiger charge is 2.28. The van der Waals surface area contributed by atoms with Crippen molar-refractivity contribution in [3.63, 3.8) is 0 Å². The van der Waals surface area contributed by atoms with Gasteiger partial charge in [-0.3, -0.25) is 9.69 Å². The number of carbonyl (C=O) groups is 1. The molecule has 2 heterocycles. The highest BCUT2D eigenvalue weighted by atomic mass is 32.2. The average Bonchev–Trinajstić information content (AvgIpc) is 2.87. The van der Waals surface area contributed by atoms with Crippen molar-refractivity contribution in [1.29, 1.82) is 5.26 Å². The predicted molar refractivity (Wildman–Crippen MR) is 95.2 cm³/mol. The number of amides is 1. The van der Waals surface area contributed by atoms with Crippen LogP contribution in [0.5, 0.6) is 0 Å². The number of ether oxygens (including phenoxy) is 1. The van der Waals surface area contributed by atoms with Crippen LogP contribution in [-0.2, 0) is 4.74 Å². The number of thioether (sulfide) groups is 1. The van der Waals surface area contributed by atoms with Crippen LogP contribution in [0.2, 0.25) is 0 Å². The molecule has 6 heteroatoms. The van der Waals surface area contributed by atoms with Crippen LogP contribution in [0, 0.1) is 11.3 Å². The fraction of sp³-hybridized carbons (Fsp3) is 0.556. The summed E-state index contributed by atoms with van der Waals surface area (Å²) in [4.78, 5) is 17.5. The summed E-state index contributed by atoms with van der Waals surface area (Å²) < 4.78 is 5.42. The largest absolute Gasteiger partial charge is 0.379 e. The van der Waals surface area contributed by atoms with Crippen molar-refractivity contribution < 1.29 is 9.53 Å². The zero-order chi connectivity index (χ0) is 16.8. The third-order valence-corrected chi connectivity index (χ3v) is 5.71. The van der Waals surface area contributed by atoms with Gasteiger partial charge in [-0.1, -0.05) is 6.07 Å².